The van der Waals surface area contributed by atoms with Crippen LogP contribution in [0.4, 0.5) is 17.1 Å². The van der Waals surface area contributed by atoms with Gasteiger partial charge < -0.3 is 4.90 Å². The highest BCUT2D eigenvalue weighted by atomic mass is 15.1. The molecule has 0 amide bonds. The van der Waals surface area contributed by atoms with Crippen LogP contribution in [0, 0.1) is 0 Å². The van der Waals surface area contributed by atoms with Crippen molar-refractivity contribution in [2.45, 2.75) is 0 Å². The zero-order valence-corrected chi connectivity index (χ0v) is 31.5. The van der Waals surface area contributed by atoms with Crippen molar-refractivity contribution in [2.24, 2.45) is 0 Å². The summed E-state index contributed by atoms with van der Waals surface area (Å²) in [7, 11) is 0. The van der Waals surface area contributed by atoms with Gasteiger partial charge in [-0.05, 0) is 114 Å². The molecule has 0 unspecified atom stereocenters. The van der Waals surface area contributed by atoms with Crippen molar-refractivity contribution in [3.8, 4) is 55.6 Å². The van der Waals surface area contributed by atoms with E-state index < -0.39 is 0 Å². The Balaban J connectivity index is 1.17. The smallest absolute Gasteiger partial charge is 0.0540 e. The molecule has 1 nitrogen and oxygen atoms in total. The lowest BCUT2D eigenvalue weighted by atomic mass is 9.88. The third kappa shape index (κ3) is 6.66. The van der Waals surface area contributed by atoms with Crippen LogP contribution in [0.5, 0.6) is 0 Å². The second kappa shape index (κ2) is 15.0. The van der Waals surface area contributed by atoms with Gasteiger partial charge in [0.25, 0.3) is 0 Å². The van der Waals surface area contributed by atoms with E-state index in [1.54, 1.807) is 0 Å². The first kappa shape index (κ1) is 34.0. The lowest BCUT2D eigenvalue weighted by Crippen LogP contribution is -2.11. The van der Waals surface area contributed by atoms with Crippen molar-refractivity contribution >= 4 is 38.6 Å². The summed E-state index contributed by atoms with van der Waals surface area (Å²) in [6, 6.07) is 85.8. The van der Waals surface area contributed by atoms with Crippen LogP contribution in [0.2, 0.25) is 0 Å². The van der Waals surface area contributed by atoms with Crippen molar-refractivity contribution in [2.75, 3.05) is 4.90 Å². The Morgan fingerprint density at radius 3 is 1.16 bits per heavy atom. The van der Waals surface area contributed by atoms with Crippen molar-refractivity contribution in [1.82, 2.24) is 0 Å². The minimum atomic E-state index is 1.09. The molecular weight excluding hydrogens is 687 g/mol. The summed E-state index contributed by atoms with van der Waals surface area (Å²) >= 11 is 0. The van der Waals surface area contributed by atoms with Gasteiger partial charge in [-0.3, -0.25) is 0 Å². The first-order chi connectivity index (χ1) is 28.3. The van der Waals surface area contributed by atoms with Gasteiger partial charge in [-0.15, -0.1) is 0 Å². The van der Waals surface area contributed by atoms with Crippen molar-refractivity contribution < 1.29 is 0 Å². The molecule has 0 radical (unpaired) electrons. The fourth-order valence-electron chi connectivity index (χ4n) is 8.25. The molecule has 0 aromatic heterocycles. The fourth-order valence-corrected chi connectivity index (χ4v) is 8.25. The highest BCUT2D eigenvalue weighted by Gasteiger charge is 2.21. The largest absolute Gasteiger partial charge is 0.310 e. The van der Waals surface area contributed by atoms with Gasteiger partial charge in [-0.25, -0.2) is 0 Å². The molecule has 0 spiro atoms. The van der Waals surface area contributed by atoms with E-state index in [1.807, 2.05) is 0 Å². The highest BCUT2D eigenvalue weighted by Crippen LogP contribution is 2.46. The van der Waals surface area contributed by atoms with Crippen LogP contribution < -0.4 is 4.90 Å². The first-order valence-electron chi connectivity index (χ1n) is 19.6. The minimum absolute atomic E-state index is 1.09. The molecule has 0 heterocycles. The fraction of sp³-hybridized carbons (Fsp3) is 0. The third-order valence-corrected chi connectivity index (χ3v) is 11.0. The maximum absolute atomic E-state index is 2.43. The molecule has 0 fully saturated rings. The van der Waals surface area contributed by atoms with Crippen LogP contribution in [0.25, 0.3) is 77.2 Å². The predicted molar refractivity (Wildman–Crippen MR) is 243 cm³/mol. The number of para-hydroxylation sites is 1. The average molecular weight is 726 g/mol. The van der Waals surface area contributed by atoms with E-state index in [0.717, 1.165) is 22.6 Å². The molecule has 268 valence electrons. The van der Waals surface area contributed by atoms with E-state index in [2.05, 4.69) is 241 Å². The van der Waals surface area contributed by atoms with E-state index in [4.69, 9.17) is 0 Å². The van der Waals surface area contributed by atoms with Crippen LogP contribution in [0.1, 0.15) is 0 Å². The Morgan fingerprint density at radius 1 is 0.211 bits per heavy atom. The number of fused-ring (bicyclic) bond motifs is 2. The molecule has 10 rings (SSSR count). The number of hydrogen-bond donors (Lipinski definition) is 0. The number of anilines is 3. The third-order valence-electron chi connectivity index (χ3n) is 11.0. The maximum Gasteiger partial charge on any atom is 0.0540 e. The zero-order chi connectivity index (χ0) is 38.0. The van der Waals surface area contributed by atoms with Gasteiger partial charge in [-0.2, -0.15) is 0 Å². The molecule has 10 aromatic carbocycles. The summed E-state index contributed by atoms with van der Waals surface area (Å²) in [6.45, 7) is 0. The molecule has 10 aromatic rings. The predicted octanol–water partition coefficient (Wildman–Crippen LogP) is 15.8. The Kier molecular flexibility index (Phi) is 8.95. The highest BCUT2D eigenvalue weighted by molar-refractivity contribution is 5.98. The van der Waals surface area contributed by atoms with Crippen LogP contribution in [0.15, 0.2) is 237 Å². The summed E-state index contributed by atoms with van der Waals surface area (Å²) in [6.07, 6.45) is 0. The average Bonchev–Trinajstić information content (AvgIpc) is 3.29. The van der Waals surface area contributed by atoms with E-state index in [1.165, 1.54) is 71.6 Å². The lowest BCUT2D eigenvalue weighted by molar-refractivity contribution is 1.28. The van der Waals surface area contributed by atoms with E-state index >= 15 is 0 Å². The quantitative estimate of drug-likeness (QED) is 0.151. The van der Waals surface area contributed by atoms with Gasteiger partial charge in [0.15, 0.2) is 0 Å². The summed E-state index contributed by atoms with van der Waals surface area (Å²) in [5.74, 6) is 0. The van der Waals surface area contributed by atoms with E-state index in [0.29, 0.717) is 0 Å². The van der Waals surface area contributed by atoms with E-state index in [-0.39, 0.29) is 0 Å². The summed E-state index contributed by atoms with van der Waals surface area (Å²) in [5.41, 5.74) is 15.2. The molecule has 0 bridgehead atoms. The Morgan fingerprint density at radius 2 is 0.596 bits per heavy atom. The number of nitrogens with zero attached hydrogens (tertiary/aromatic N) is 1. The first-order valence-corrected chi connectivity index (χ1v) is 19.6. The topological polar surface area (TPSA) is 3.24 Å². The van der Waals surface area contributed by atoms with Crippen LogP contribution >= 0.6 is 0 Å². The van der Waals surface area contributed by atoms with Gasteiger partial charge in [0, 0.05) is 16.9 Å². The Hall–Kier alpha value is -7.48. The maximum atomic E-state index is 2.43. The summed E-state index contributed by atoms with van der Waals surface area (Å²) < 4.78 is 0. The number of benzene rings is 10. The molecule has 1 heteroatoms. The second-order valence-corrected chi connectivity index (χ2v) is 14.5. The van der Waals surface area contributed by atoms with Crippen molar-refractivity contribution in [3.63, 3.8) is 0 Å². The monoisotopic (exact) mass is 725 g/mol. The number of rotatable bonds is 8. The van der Waals surface area contributed by atoms with Crippen molar-refractivity contribution in [3.05, 3.63) is 237 Å². The second-order valence-electron chi connectivity index (χ2n) is 14.5. The lowest BCUT2D eigenvalue weighted by Gasteiger charge is -2.29. The Labute approximate surface area is 334 Å². The standard InChI is InChI=1S/C56H39N/c1-2-18-42(19-3-1)51-26-8-9-27-52(51)53-28-10-11-29-54(53)55-30-12-13-31-56(55)57(49-24-14-22-45(38-49)47-34-32-40-16-4-6-20-43(40)36-47)50-25-15-23-46(39-50)48-35-33-41-17-5-7-21-44(41)37-48/h1-39H. The van der Waals surface area contributed by atoms with Gasteiger partial charge in [-0.1, -0.05) is 194 Å². The molecular formula is C56H39N. The Bertz CT molecular complexity index is 2910. The summed E-state index contributed by atoms with van der Waals surface area (Å²) in [5, 5.41) is 4.95. The van der Waals surface area contributed by atoms with Gasteiger partial charge in [0.2, 0.25) is 0 Å². The zero-order valence-electron chi connectivity index (χ0n) is 31.5. The van der Waals surface area contributed by atoms with Gasteiger partial charge in [0.1, 0.15) is 0 Å². The molecule has 0 saturated heterocycles. The summed E-state index contributed by atoms with van der Waals surface area (Å²) in [4.78, 5) is 2.43. The molecule has 0 saturated carbocycles. The molecule has 0 aliphatic carbocycles. The van der Waals surface area contributed by atoms with Crippen LogP contribution in [-0.4, -0.2) is 0 Å². The minimum Gasteiger partial charge on any atom is -0.310 e. The van der Waals surface area contributed by atoms with Crippen molar-refractivity contribution in [1.29, 1.82) is 0 Å². The molecule has 0 atom stereocenters. The SMILES string of the molecule is c1ccc(-c2ccccc2-c2ccccc2-c2ccccc2N(c2cccc(-c3ccc4ccccc4c3)c2)c2cccc(-c3ccc4ccccc4c3)c2)cc1. The van der Waals surface area contributed by atoms with Gasteiger partial charge in [0.05, 0.1) is 5.69 Å². The normalized spacial score (nSPS) is 11.2. The molecule has 57 heavy (non-hydrogen) atoms. The van der Waals surface area contributed by atoms with Crippen LogP contribution in [0.3, 0.4) is 0 Å². The van der Waals surface area contributed by atoms with Crippen LogP contribution in [-0.2, 0) is 0 Å². The van der Waals surface area contributed by atoms with Gasteiger partial charge >= 0.3 is 0 Å². The molecule has 0 aliphatic heterocycles. The molecule has 0 N–H and O–H groups in total. The number of hydrogen-bond acceptors (Lipinski definition) is 1. The molecule has 0 aliphatic rings. The van der Waals surface area contributed by atoms with E-state index in [9.17, 15) is 0 Å².